The number of hydrogen-bond acceptors (Lipinski definition) is 3. The molecule has 4 heteroatoms. The van der Waals surface area contributed by atoms with E-state index in [0.29, 0.717) is 12.3 Å². The molecule has 4 atom stereocenters. The van der Waals surface area contributed by atoms with Gasteiger partial charge in [-0.1, -0.05) is 19.3 Å². The van der Waals surface area contributed by atoms with E-state index in [0.717, 1.165) is 50.2 Å². The van der Waals surface area contributed by atoms with Gasteiger partial charge in [0.05, 0.1) is 0 Å². The normalized spacial score (nSPS) is 29.5. The molecule has 2 saturated carbocycles. The topological polar surface area (TPSA) is 55.8 Å². The van der Waals surface area contributed by atoms with Crippen molar-refractivity contribution in [1.29, 1.82) is 0 Å². The van der Waals surface area contributed by atoms with Crippen molar-refractivity contribution >= 4 is 5.97 Å². The van der Waals surface area contributed by atoms with Gasteiger partial charge in [0.15, 0.2) is 6.29 Å². The van der Waals surface area contributed by atoms with Crippen LogP contribution in [0.3, 0.4) is 0 Å². The van der Waals surface area contributed by atoms with Gasteiger partial charge in [0.1, 0.15) is 0 Å². The van der Waals surface area contributed by atoms with E-state index in [1.807, 2.05) is 0 Å². The second-order valence-electron chi connectivity index (χ2n) is 7.20. The fourth-order valence-electron chi connectivity index (χ4n) is 4.92. The molecule has 0 saturated heterocycles. The summed E-state index contributed by atoms with van der Waals surface area (Å²) in [6, 6.07) is 0. The average molecular weight is 326 g/mol. The predicted molar refractivity (Wildman–Crippen MR) is 90.2 cm³/mol. The number of fused-ring (bicyclic) bond motifs is 2. The van der Waals surface area contributed by atoms with Crippen LogP contribution in [0.4, 0.5) is 0 Å². The minimum atomic E-state index is -0.672. The molecule has 4 unspecified atom stereocenters. The van der Waals surface area contributed by atoms with Crippen LogP contribution >= 0.6 is 0 Å². The Kier molecular flexibility index (Phi) is 7.84. The molecule has 2 rings (SSSR count). The van der Waals surface area contributed by atoms with Crippen LogP contribution in [0.15, 0.2) is 0 Å². The van der Waals surface area contributed by atoms with Gasteiger partial charge in [0.25, 0.3) is 0 Å². The van der Waals surface area contributed by atoms with Crippen LogP contribution in [0.25, 0.3) is 0 Å². The summed E-state index contributed by atoms with van der Waals surface area (Å²) in [7, 11) is 0. The molecule has 134 valence electrons. The maximum atomic E-state index is 10.5. The fraction of sp³-hybridized carbons (Fsp3) is 0.947. The Bertz CT molecular complexity index is 351. The van der Waals surface area contributed by atoms with Gasteiger partial charge in [-0.2, -0.15) is 0 Å². The van der Waals surface area contributed by atoms with Gasteiger partial charge in [0, 0.05) is 25.6 Å². The summed E-state index contributed by atoms with van der Waals surface area (Å²) in [5.41, 5.74) is 0. The Hall–Kier alpha value is -0.610. The standard InChI is InChI=1S/C19H34O4/c1-3-22-19(23-4-2)18-15-12-11-14(13-15)16(18)9-7-5-6-8-10-17(20)21/h14-16,18-19H,3-13H2,1-2H3,(H,20,21). The molecule has 0 radical (unpaired) electrons. The lowest BCUT2D eigenvalue weighted by atomic mass is 9.76. The van der Waals surface area contributed by atoms with Crippen molar-refractivity contribution < 1.29 is 19.4 Å². The second-order valence-corrected chi connectivity index (χ2v) is 7.20. The van der Waals surface area contributed by atoms with Crippen molar-refractivity contribution in [2.24, 2.45) is 23.7 Å². The van der Waals surface area contributed by atoms with Crippen molar-refractivity contribution in [1.82, 2.24) is 0 Å². The number of carbonyl (C=O) groups is 1. The van der Waals surface area contributed by atoms with Gasteiger partial charge in [-0.25, -0.2) is 0 Å². The van der Waals surface area contributed by atoms with Gasteiger partial charge in [-0.05, 0) is 63.7 Å². The maximum absolute atomic E-state index is 10.5. The summed E-state index contributed by atoms with van der Waals surface area (Å²) in [6.07, 6.45) is 9.88. The van der Waals surface area contributed by atoms with E-state index in [-0.39, 0.29) is 6.29 Å². The van der Waals surface area contributed by atoms with Crippen LogP contribution in [0.2, 0.25) is 0 Å². The summed E-state index contributed by atoms with van der Waals surface area (Å²) >= 11 is 0. The molecule has 0 aromatic carbocycles. The molecule has 0 aliphatic heterocycles. The van der Waals surface area contributed by atoms with Crippen LogP contribution < -0.4 is 0 Å². The molecule has 2 aliphatic rings. The Labute approximate surface area is 140 Å². The van der Waals surface area contributed by atoms with Crippen LogP contribution in [0.1, 0.15) is 71.6 Å². The SMILES string of the molecule is CCOC(OCC)C1C2CCC(C2)C1CCCCCCC(=O)O. The number of rotatable bonds is 12. The van der Waals surface area contributed by atoms with Crippen molar-refractivity contribution in [2.75, 3.05) is 13.2 Å². The summed E-state index contributed by atoms with van der Waals surface area (Å²) in [5.74, 6) is 2.31. The molecule has 0 aromatic rings. The Morgan fingerprint density at radius 2 is 1.70 bits per heavy atom. The fourth-order valence-corrected chi connectivity index (χ4v) is 4.92. The van der Waals surface area contributed by atoms with E-state index < -0.39 is 5.97 Å². The number of unbranched alkanes of at least 4 members (excludes halogenated alkanes) is 3. The Morgan fingerprint density at radius 3 is 2.35 bits per heavy atom. The van der Waals surface area contributed by atoms with E-state index in [1.165, 1.54) is 32.1 Å². The quantitative estimate of drug-likeness (QED) is 0.424. The highest BCUT2D eigenvalue weighted by atomic mass is 16.7. The highest BCUT2D eigenvalue weighted by molar-refractivity contribution is 5.66. The number of aliphatic carboxylic acids is 1. The maximum Gasteiger partial charge on any atom is 0.303 e. The van der Waals surface area contributed by atoms with Gasteiger partial charge >= 0.3 is 5.97 Å². The molecule has 2 fully saturated rings. The molecule has 2 aliphatic carbocycles. The molecule has 4 nitrogen and oxygen atoms in total. The summed E-state index contributed by atoms with van der Waals surface area (Å²) < 4.78 is 11.9. The average Bonchev–Trinajstić information content (AvgIpc) is 3.11. The van der Waals surface area contributed by atoms with E-state index in [1.54, 1.807) is 0 Å². The Morgan fingerprint density at radius 1 is 1.04 bits per heavy atom. The minimum absolute atomic E-state index is 0.0164. The molecular weight excluding hydrogens is 292 g/mol. The monoisotopic (exact) mass is 326 g/mol. The second kappa shape index (κ2) is 9.63. The third-order valence-electron chi connectivity index (χ3n) is 5.81. The largest absolute Gasteiger partial charge is 0.481 e. The summed E-state index contributed by atoms with van der Waals surface area (Å²) in [4.78, 5) is 10.5. The van der Waals surface area contributed by atoms with Crippen LogP contribution in [0, 0.1) is 23.7 Å². The smallest absolute Gasteiger partial charge is 0.303 e. The van der Waals surface area contributed by atoms with Gasteiger partial charge in [-0.15, -0.1) is 0 Å². The molecular formula is C19H34O4. The zero-order valence-electron chi connectivity index (χ0n) is 14.8. The molecule has 0 spiro atoms. The first-order chi connectivity index (χ1) is 11.2. The van der Waals surface area contributed by atoms with Gasteiger partial charge in [0.2, 0.25) is 0 Å². The minimum Gasteiger partial charge on any atom is -0.481 e. The molecule has 2 bridgehead atoms. The number of hydrogen-bond donors (Lipinski definition) is 1. The lowest BCUT2D eigenvalue weighted by Crippen LogP contribution is -2.36. The van der Waals surface area contributed by atoms with Crippen molar-refractivity contribution in [3.8, 4) is 0 Å². The van der Waals surface area contributed by atoms with Crippen molar-refractivity contribution in [3.63, 3.8) is 0 Å². The first-order valence-electron chi connectivity index (χ1n) is 9.62. The van der Waals surface area contributed by atoms with E-state index >= 15 is 0 Å². The number of carboxylic acid groups (broad SMARTS) is 1. The zero-order chi connectivity index (χ0) is 16.7. The molecule has 1 N–H and O–H groups in total. The lowest BCUT2D eigenvalue weighted by Gasteiger charge is -2.36. The zero-order valence-corrected chi connectivity index (χ0v) is 14.8. The van der Waals surface area contributed by atoms with Crippen molar-refractivity contribution in [2.45, 2.75) is 77.9 Å². The third-order valence-corrected chi connectivity index (χ3v) is 5.81. The van der Waals surface area contributed by atoms with Crippen LogP contribution in [-0.4, -0.2) is 30.6 Å². The molecule has 0 amide bonds. The van der Waals surface area contributed by atoms with Gasteiger partial charge in [-0.3, -0.25) is 4.79 Å². The van der Waals surface area contributed by atoms with Crippen LogP contribution in [0.5, 0.6) is 0 Å². The highest BCUT2D eigenvalue weighted by Crippen LogP contribution is 2.55. The van der Waals surface area contributed by atoms with E-state index in [4.69, 9.17) is 14.6 Å². The highest BCUT2D eigenvalue weighted by Gasteiger charge is 2.50. The first-order valence-corrected chi connectivity index (χ1v) is 9.62. The number of carboxylic acids is 1. The molecule has 0 heterocycles. The van der Waals surface area contributed by atoms with Crippen molar-refractivity contribution in [3.05, 3.63) is 0 Å². The Balaban J connectivity index is 1.79. The lowest BCUT2D eigenvalue weighted by molar-refractivity contribution is -0.187. The van der Waals surface area contributed by atoms with Gasteiger partial charge < -0.3 is 14.6 Å². The molecule has 23 heavy (non-hydrogen) atoms. The van der Waals surface area contributed by atoms with Crippen LogP contribution in [-0.2, 0) is 14.3 Å². The third kappa shape index (κ3) is 5.18. The summed E-state index contributed by atoms with van der Waals surface area (Å²) in [6.45, 7) is 5.55. The molecule has 0 aromatic heterocycles. The first kappa shape index (κ1) is 18.7. The van der Waals surface area contributed by atoms with E-state index in [9.17, 15) is 4.79 Å². The number of ether oxygens (including phenoxy) is 2. The van der Waals surface area contributed by atoms with E-state index in [2.05, 4.69) is 13.8 Å². The predicted octanol–water partition coefficient (Wildman–Crippen LogP) is 4.47. The summed E-state index contributed by atoms with van der Waals surface area (Å²) in [5, 5.41) is 8.68.